The Kier molecular flexibility index (Phi) is 5.74. The van der Waals surface area contributed by atoms with Crippen LogP contribution in [0.3, 0.4) is 0 Å². The largest absolute Gasteiger partial charge is 0.368 e. The summed E-state index contributed by atoms with van der Waals surface area (Å²) in [6.45, 7) is 17.0. The second-order valence-electron chi connectivity index (χ2n) is 6.64. The third-order valence-corrected chi connectivity index (χ3v) is 3.97. The average molecular weight is 260 g/mol. The Morgan fingerprint density at radius 3 is 1.88 bits per heavy atom. The van der Waals surface area contributed by atoms with Crippen molar-refractivity contribution in [1.29, 1.82) is 0 Å². The van der Waals surface area contributed by atoms with E-state index in [1.54, 1.807) is 6.92 Å². The molecular weight excluding hydrogens is 232 g/mol. The summed E-state index contributed by atoms with van der Waals surface area (Å²) in [7, 11) is 0. The van der Waals surface area contributed by atoms with Crippen molar-refractivity contribution in [3.8, 4) is 0 Å². The van der Waals surface area contributed by atoms with Gasteiger partial charge in [0.25, 0.3) is 0 Å². The molecule has 0 unspecified atom stereocenters. The first-order valence-electron chi connectivity index (χ1n) is 6.21. The summed E-state index contributed by atoms with van der Waals surface area (Å²) in [5.41, 5.74) is -0.650. The highest BCUT2D eigenvalue weighted by Crippen LogP contribution is 2.38. The first-order valence-corrected chi connectivity index (χ1v) is 7.03. The first kappa shape index (κ1) is 17.0. The Bertz CT molecular complexity index is 262. The zero-order valence-corrected chi connectivity index (χ0v) is 13.5. The molecule has 0 aliphatic carbocycles. The van der Waals surface area contributed by atoms with Crippen molar-refractivity contribution < 1.29 is 9.53 Å². The summed E-state index contributed by atoms with van der Waals surface area (Å²) < 4.78 is 6.10. The number of hydrogen-bond donors (Lipinski definition) is 0. The third-order valence-electron chi connectivity index (χ3n) is 2.60. The molecule has 0 aromatic heterocycles. The van der Waals surface area contributed by atoms with E-state index in [1.165, 1.54) is 0 Å². The first-order chi connectivity index (χ1) is 7.36. The zero-order valence-electron chi connectivity index (χ0n) is 12.6. The normalized spacial score (nSPS) is 13.9. The Labute approximate surface area is 111 Å². The number of ketones is 1. The van der Waals surface area contributed by atoms with E-state index in [9.17, 15) is 4.79 Å². The molecule has 0 atom stereocenters. The number of carbonyl (C=O) groups is 1. The average Bonchev–Trinajstić information content (AvgIpc) is 1.97. The lowest BCUT2D eigenvalue weighted by molar-refractivity contribution is -0.138. The molecule has 0 amide bonds. The molecule has 0 aromatic rings. The van der Waals surface area contributed by atoms with Crippen LogP contribution in [0.25, 0.3) is 0 Å². The van der Waals surface area contributed by atoms with Crippen LogP contribution < -0.4 is 0 Å². The molecule has 0 aliphatic rings. The molecule has 2 nitrogen and oxygen atoms in total. The predicted molar refractivity (Wildman–Crippen MR) is 76.8 cm³/mol. The van der Waals surface area contributed by atoms with Crippen molar-refractivity contribution in [2.45, 2.75) is 76.9 Å². The molecule has 0 spiro atoms. The second-order valence-corrected chi connectivity index (χ2v) is 9.17. The minimum atomic E-state index is -0.650. The van der Waals surface area contributed by atoms with E-state index in [2.05, 4.69) is 34.6 Å². The Balaban J connectivity index is 4.16. The van der Waals surface area contributed by atoms with Crippen LogP contribution in [0.1, 0.15) is 61.8 Å². The number of hydrogen-bond acceptors (Lipinski definition) is 3. The molecule has 0 fully saturated rings. The van der Waals surface area contributed by atoms with Gasteiger partial charge in [0.2, 0.25) is 0 Å². The van der Waals surface area contributed by atoms with Crippen LogP contribution in [0.4, 0.5) is 0 Å². The topological polar surface area (TPSA) is 26.3 Å². The van der Waals surface area contributed by atoms with Gasteiger partial charge in [0.05, 0.1) is 0 Å². The smallest absolute Gasteiger partial charge is 0.160 e. The highest BCUT2D eigenvalue weighted by atomic mass is 32.2. The summed E-state index contributed by atoms with van der Waals surface area (Å²) in [4.78, 5) is 11.3. The minimum Gasteiger partial charge on any atom is -0.368 e. The van der Waals surface area contributed by atoms with Gasteiger partial charge < -0.3 is 4.74 Å². The molecule has 3 heteroatoms. The van der Waals surface area contributed by atoms with Gasteiger partial charge in [-0.25, -0.2) is 0 Å². The quantitative estimate of drug-likeness (QED) is 0.720. The number of ether oxygens (including phenoxy) is 1. The maximum atomic E-state index is 11.3. The molecule has 0 heterocycles. The number of carbonyl (C=O) groups excluding carboxylic acids is 1. The van der Waals surface area contributed by atoms with Crippen molar-refractivity contribution in [1.82, 2.24) is 0 Å². The molecular formula is C14H28O2S. The predicted octanol–water partition coefficient (Wildman–Crippen LogP) is 4.07. The van der Waals surface area contributed by atoms with E-state index >= 15 is 0 Å². The van der Waals surface area contributed by atoms with Gasteiger partial charge in [0.1, 0.15) is 5.60 Å². The van der Waals surface area contributed by atoms with Crippen molar-refractivity contribution >= 4 is 17.5 Å². The van der Waals surface area contributed by atoms with Crippen LogP contribution in [0.15, 0.2) is 0 Å². The summed E-state index contributed by atoms with van der Waals surface area (Å²) in [6.07, 6.45) is 0.950. The molecule has 0 aromatic carbocycles. The monoisotopic (exact) mass is 260 g/mol. The van der Waals surface area contributed by atoms with Crippen LogP contribution in [-0.4, -0.2) is 27.5 Å². The van der Waals surface area contributed by atoms with E-state index in [0.29, 0.717) is 6.61 Å². The van der Waals surface area contributed by atoms with Crippen molar-refractivity contribution in [2.75, 3.05) is 6.61 Å². The van der Waals surface area contributed by atoms with Crippen LogP contribution in [-0.2, 0) is 9.53 Å². The SMILES string of the molecule is CC(=O)C(C)(C)OCCC(C)(C)SC(C)(C)C. The van der Waals surface area contributed by atoms with Crippen molar-refractivity contribution in [3.05, 3.63) is 0 Å². The van der Waals surface area contributed by atoms with Crippen molar-refractivity contribution in [3.63, 3.8) is 0 Å². The van der Waals surface area contributed by atoms with Crippen LogP contribution in [0, 0.1) is 0 Å². The summed E-state index contributed by atoms with van der Waals surface area (Å²) in [5, 5.41) is 0. The van der Waals surface area contributed by atoms with Gasteiger partial charge >= 0.3 is 0 Å². The number of thioether (sulfide) groups is 1. The zero-order chi connectivity index (χ0) is 13.9. The van der Waals surface area contributed by atoms with Gasteiger partial charge in [-0.05, 0) is 27.2 Å². The van der Waals surface area contributed by atoms with Crippen LogP contribution in [0.5, 0.6) is 0 Å². The Hall–Kier alpha value is -0.0200. The van der Waals surface area contributed by atoms with Gasteiger partial charge in [0, 0.05) is 16.1 Å². The molecule has 102 valence electrons. The Morgan fingerprint density at radius 2 is 1.53 bits per heavy atom. The van der Waals surface area contributed by atoms with Crippen LogP contribution >= 0.6 is 11.8 Å². The van der Waals surface area contributed by atoms with E-state index in [1.807, 2.05) is 25.6 Å². The fourth-order valence-corrected chi connectivity index (χ4v) is 3.38. The maximum Gasteiger partial charge on any atom is 0.160 e. The highest BCUT2D eigenvalue weighted by Gasteiger charge is 2.28. The lowest BCUT2D eigenvalue weighted by atomic mass is 10.0. The molecule has 0 saturated carbocycles. The van der Waals surface area contributed by atoms with Gasteiger partial charge in [0.15, 0.2) is 5.78 Å². The maximum absolute atomic E-state index is 11.3. The molecule has 17 heavy (non-hydrogen) atoms. The summed E-state index contributed by atoms with van der Waals surface area (Å²) in [5.74, 6) is 0.0822. The molecule has 0 saturated heterocycles. The van der Waals surface area contributed by atoms with Crippen LogP contribution in [0.2, 0.25) is 0 Å². The molecule has 0 bridgehead atoms. The lowest BCUT2D eigenvalue weighted by Crippen LogP contribution is -2.35. The second kappa shape index (κ2) is 5.75. The standard InChI is InChI=1S/C14H28O2S/c1-11(15)14(7,8)16-10-9-13(5,6)17-12(2,3)4/h9-10H2,1-8H3. The molecule has 0 aliphatic heterocycles. The number of rotatable bonds is 6. The highest BCUT2D eigenvalue weighted by molar-refractivity contribution is 8.01. The lowest BCUT2D eigenvalue weighted by Gasteiger charge is -2.33. The van der Waals surface area contributed by atoms with E-state index in [-0.39, 0.29) is 15.3 Å². The summed E-state index contributed by atoms with van der Waals surface area (Å²) in [6, 6.07) is 0. The van der Waals surface area contributed by atoms with E-state index in [4.69, 9.17) is 4.74 Å². The number of Topliss-reactive ketones (excluding diaryl/α,β-unsaturated/α-hetero) is 1. The van der Waals surface area contributed by atoms with Crippen molar-refractivity contribution in [2.24, 2.45) is 0 Å². The molecule has 0 N–H and O–H groups in total. The minimum absolute atomic E-state index is 0.0822. The van der Waals surface area contributed by atoms with E-state index in [0.717, 1.165) is 6.42 Å². The summed E-state index contributed by atoms with van der Waals surface area (Å²) >= 11 is 1.95. The Morgan fingerprint density at radius 1 is 1.06 bits per heavy atom. The molecule has 0 radical (unpaired) electrons. The van der Waals surface area contributed by atoms with Gasteiger partial charge in [-0.1, -0.05) is 34.6 Å². The fourth-order valence-electron chi connectivity index (χ4n) is 1.53. The van der Waals surface area contributed by atoms with E-state index < -0.39 is 5.60 Å². The van der Waals surface area contributed by atoms with Gasteiger partial charge in [-0.15, -0.1) is 11.8 Å². The van der Waals surface area contributed by atoms with Gasteiger partial charge in [-0.2, -0.15) is 0 Å². The van der Waals surface area contributed by atoms with Gasteiger partial charge in [-0.3, -0.25) is 4.79 Å². The third kappa shape index (κ3) is 7.82. The molecule has 0 rings (SSSR count). The fraction of sp³-hybridized carbons (Fsp3) is 0.929.